The van der Waals surface area contributed by atoms with Gasteiger partial charge in [0, 0.05) is 6.07 Å². The summed E-state index contributed by atoms with van der Waals surface area (Å²) >= 11 is 0. The molecule has 0 N–H and O–H groups in total. The molecular weight excluding hydrogens is 174 g/mol. The number of hydrogen-bond donors (Lipinski definition) is 0. The highest BCUT2D eigenvalue weighted by molar-refractivity contribution is 5.62. The Morgan fingerprint density at radius 3 is 2.57 bits per heavy atom. The molecule has 0 bridgehead atoms. The minimum atomic E-state index is 0.0140. The van der Waals surface area contributed by atoms with E-state index in [1.807, 2.05) is 6.07 Å². The number of nitriles is 3. The molecule has 0 aliphatic carbocycles. The average molecular weight is 178 g/mol. The number of allylic oxidation sites excluding steroid dienone is 1. The zero-order chi connectivity index (χ0) is 10.4. The Balaban J connectivity index is 3.13. The third-order valence-corrected chi connectivity index (χ3v) is 1.50. The van der Waals surface area contributed by atoms with E-state index in [0.717, 1.165) is 0 Å². The third-order valence-electron chi connectivity index (χ3n) is 1.50. The van der Waals surface area contributed by atoms with Crippen molar-refractivity contribution in [1.82, 2.24) is 0 Å². The average Bonchev–Trinajstić information content (AvgIpc) is 2.26. The Hall–Kier alpha value is -2.57. The molecule has 1 aromatic rings. The Morgan fingerprint density at radius 2 is 2.00 bits per heavy atom. The first kappa shape index (κ1) is 9.52. The van der Waals surface area contributed by atoms with Crippen molar-refractivity contribution in [3.63, 3.8) is 0 Å². The van der Waals surface area contributed by atoms with Gasteiger partial charge in [0.05, 0.1) is 11.6 Å². The second kappa shape index (κ2) is 4.45. The van der Waals surface area contributed by atoms with E-state index in [4.69, 9.17) is 15.8 Å². The molecule has 0 saturated heterocycles. The first-order chi connectivity index (χ1) is 6.80. The highest BCUT2D eigenvalue weighted by Gasteiger charge is 1.95. The van der Waals surface area contributed by atoms with Gasteiger partial charge in [0.25, 0.3) is 0 Å². The van der Waals surface area contributed by atoms with Gasteiger partial charge in [0.15, 0.2) is 0 Å². The fraction of sp³-hybridized carbons (Fsp3) is 0. The van der Waals surface area contributed by atoms with Gasteiger partial charge in [-0.25, -0.2) is 0 Å². The highest BCUT2D eigenvalue weighted by Crippen LogP contribution is 2.07. The molecular formula is C11H4N3. The molecule has 0 spiro atoms. The van der Waals surface area contributed by atoms with Gasteiger partial charge in [-0.1, -0.05) is 12.1 Å². The van der Waals surface area contributed by atoms with Crippen LogP contribution in [0.15, 0.2) is 23.8 Å². The topological polar surface area (TPSA) is 71.4 Å². The molecule has 0 saturated carbocycles. The van der Waals surface area contributed by atoms with Crippen LogP contribution in [0, 0.1) is 40.1 Å². The monoisotopic (exact) mass is 178 g/mol. The zero-order valence-corrected chi connectivity index (χ0v) is 7.15. The van der Waals surface area contributed by atoms with E-state index in [-0.39, 0.29) is 5.57 Å². The van der Waals surface area contributed by atoms with E-state index in [1.165, 1.54) is 6.08 Å². The summed E-state index contributed by atoms with van der Waals surface area (Å²) in [5.74, 6) is 0. The van der Waals surface area contributed by atoms with Gasteiger partial charge < -0.3 is 0 Å². The lowest BCUT2D eigenvalue weighted by Gasteiger charge is -1.92. The predicted octanol–water partition coefficient (Wildman–Crippen LogP) is 1.79. The first-order valence-corrected chi connectivity index (χ1v) is 3.74. The Bertz CT molecular complexity index is 476. The number of hydrogen-bond acceptors (Lipinski definition) is 3. The van der Waals surface area contributed by atoms with Gasteiger partial charge >= 0.3 is 0 Å². The van der Waals surface area contributed by atoms with Gasteiger partial charge in [0.2, 0.25) is 0 Å². The molecule has 3 nitrogen and oxygen atoms in total. The molecule has 1 rings (SSSR count). The molecule has 14 heavy (non-hydrogen) atoms. The van der Waals surface area contributed by atoms with Gasteiger partial charge in [-0.15, -0.1) is 0 Å². The SMILES string of the molecule is N#CC(C#N)=Cc1cc[c]c(C#N)c1. The zero-order valence-electron chi connectivity index (χ0n) is 7.15. The van der Waals surface area contributed by atoms with Crippen LogP contribution in [-0.2, 0) is 0 Å². The summed E-state index contributed by atoms with van der Waals surface area (Å²) in [6.07, 6.45) is 1.43. The van der Waals surface area contributed by atoms with Crippen LogP contribution in [0.5, 0.6) is 0 Å². The van der Waals surface area contributed by atoms with Gasteiger partial charge in [-0.2, -0.15) is 15.8 Å². The van der Waals surface area contributed by atoms with Crippen molar-refractivity contribution >= 4 is 6.08 Å². The maximum absolute atomic E-state index is 8.58. The Morgan fingerprint density at radius 1 is 1.29 bits per heavy atom. The summed E-state index contributed by atoms with van der Waals surface area (Å²) in [5.41, 5.74) is 1.05. The molecule has 0 amide bonds. The number of rotatable bonds is 1. The second-order valence-corrected chi connectivity index (χ2v) is 2.43. The van der Waals surface area contributed by atoms with Gasteiger partial charge in [0.1, 0.15) is 17.7 Å². The molecule has 1 radical (unpaired) electrons. The Labute approximate surface area is 81.7 Å². The van der Waals surface area contributed by atoms with Crippen molar-refractivity contribution in [3.05, 3.63) is 41.0 Å². The van der Waals surface area contributed by atoms with Crippen molar-refractivity contribution in [2.45, 2.75) is 0 Å². The maximum Gasteiger partial charge on any atom is 0.130 e. The van der Waals surface area contributed by atoms with Crippen LogP contribution < -0.4 is 0 Å². The van der Waals surface area contributed by atoms with E-state index in [0.29, 0.717) is 11.1 Å². The Kier molecular flexibility index (Phi) is 3.03. The summed E-state index contributed by atoms with van der Waals surface area (Å²) in [7, 11) is 0. The van der Waals surface area contributed by atoms with E-state index in [1.54, 1.807) is 30.3 Å². The smallest absolute Gasteiger partial charge is 0.130 e. The first-order valence-electron chi connectivity index (χ1n) is 3.74. The van der Waals surface area contributed by atoms with Crippen LogP contribution in [0.3, 0.4) is 0 Å². The second-order valence-electron chi connectivity index (χ2n) is 2.43. The minimum absolute atomic E-state index is 0.0140. The predicted molar refractivity (Wildman–Crippen MR) is 49.2 cm³/mol. The number of nitrogens with zero attached hydrogens (tertiary/aromatic N) is 3. The minimum Gasteiger partial charge on any atom is -0.192 e. The van der Waals surface area contributed by atoms with Crippen molar-refractivity contribution in [3.8, 4) is 18.2 Å². The van der Waals surface area contributed by atoms with E-state index >= 15 is 0 Å². The van der Waals surface area contributed by atoms with Crippen LogP contribution in [0.2, 0.25) is 0 Å². The van der Waals surface area contributed by atoms with Crippen LogP contribution in [0.25, 0.3) is 6.08 Å². The molecule has 0 aliphatic heterocycles. The van der Waals surface area contributed by atoms with Crippen LogP contribution in [-0.4, -0.2) is 0 Å². The lowest BCUT2D eigenvalue weighted by atomic mass is 10.1. The van der Waals surface area contributed by atoms with Crippen LogP contribution in [0.4, 0.5) is 0 Å². The molecule has 0 fully saturated rings. The molecule has 63 valence electrons. The molecule has 0 unspecified atom stereocenters. The summed E-state index contributed by atoms with van der Waals surface area (Å²) in [5, 5.41) is 25.6. The van der Waals surface area contributed by atoms with E-state index in [2.05, 4.69) is 6.07 Å². The van der Waals surface area contributed by atoms with Crippen molar-refractivity contribution < 1.29 is 0 Å². The van der Waals surface area contributed by atoms with Crippen molar-refractivity contribution in [1.29, 1.82) is 15.8 Å². The standard InChI is InChI=1S/C11H4N3/c12-6-10-3-1-2-9(4-10)5-11(7-13)8-14/h1-2,4-5H. The highest BCUT2D eigenvalue weighted by atomic mass is 14.3. The normalized spacial score (nSPS) is 7.79. The largest absolute Gasteiger partial charge is 0.192 e. The van der Waals surface area contributed by atoms with Crippen LogP contribution in [0.1, 0.15) is 11.1 Å². The van der Waals surface area contributed by atoms with Crippen molar-refractivity contribution in [2.75, 3.05) is 0 Å². The quantitative estimate of drug-likeness (QED) is 0.615. The van der Waals surface area contributed by atoms with Crippen molar-refractivity contribution in [2.24, 2.45) is 0 Å². The van der Waals surface area contributed by atoms with Gasteiger partial charge in [-0.3, -0.25) is 0 Å². The summed E-state index contributed by atoms with van der Waals surface area (Å²) in [6.45, 7) is 0. The van der Waals surface area contributed by atoms with Gasteiger partial charge in [-0.05, 0) is 17.7 Å². The molecule has 0 aromatic heterocycles. The summed E-state index contributed by atoms with van der Waals surface area (Å²) in [6, 6.07) is 12.9. The van der Waals surface area contributed by atoms with E-state index in [9.17, 15) is 0 Å². The lowest BCUT2D eigenvalue weighted by Crippen LogP contribution is -1.79. The fourth-order valence-corrected chi connectivity index (χ4v) is 0.895. The summed E-state index contributed by atoms with van der Waals surface area (Å²) < 4.78 is 0. The summed E-state index contributed by atoms with van der Waals surface area (Å²) in [4.78, 5) is 0. The van der Waals surface area contributed by atoms with Crippen LogP contribution >= 0.6 is 0 Å². The molecule has 0 heterocycles. The lowest BCUT2D eigenvalue weighted by molar-refractivity contribution is 1.46. The third kappa shape index (κ3) is 2.21. The molecule has 0 aliphatic rings. The van der Waals surface area contributed by atoms with E-state index < -0.39 is 0 Å². The molecule has 1 aromatic carbocycles. The molecule has 3 heteroatoms. The number of benzene rings is 1. The molecule has 0 atom stereocenters. The fourth-order valence-electron chi connectivity index (χ4n) is 0.895. The maximum atomic E-state index is 8.58.